The second kappa shape index (κ2) is 10.6. The van der Waals surface area contributed by atoms with Gasteiger partial charge in [-0.15, -0.1) is 0 Å². The van der Waals surface area contributed by atoms with Gasteiger partial charge in [0.1, 0.15) is 5.78 Å². The van der Waals surface area contributed by atoms with Crippen LogP contribution in [0.1, 0.15) is 36.5 Å². The number of carbonyl (C=O) groups is 1. The Morgan fingerprint density at radius 1 is 1.44 bits per heavy atom. The van der Waals surface area contributed by atoms with Crippen LogP contribution in [0.25, 0.3) is 0 Å². The highest BCUT2D eigenvalue weighted by atomic mass is 16.3. The standard InChI is InChI=1S/C3H8O.C3H6O.CH4/c2*1-3(2)4;/h3-4H,1-2H3;1-2H3;1H4/p+1. The Labute approximate surface area is 59.4 Å². The van der Waals surface area contributed by atoms with E-state index >= 15 is 0 Å². The van der Waals surface area contributed by atoms with Crippen molar-refractivity contribution in [2.24, 2.45) is 0 Å². The molecule has 58 valence electrons. The number of carbonyl (C=O) groups excluding carboxylic acids is 1. The van der Waals surface area contributed by atoms with Crippen LogP contribution in [0.3, 0.4) is 0 Å². The minimum absolute atomic E-state index is 0. The lowest BCUT2D eigenvalue weighted by molar-refractivity contribution is -0.114. The third kappa shape index (κ3) is 1770. The SMILES string of the molecule is C.CC(C)=O.CC(C)O.[H+]. The molecule has 0 saturated carbocycles. The molecule has 0 aromatic rings. The molecule has 0 amide bonds. The lowest BCUT2D eigenvalue weighted by Gasteiger charge is -1.80. The van der Waals surface area contributed by atoms with Crippen molar-refractivity contribution in [2.75, 3.05) is 0 Å². The molecule has 2 heteroatoms. The zero-order chi connectivity index (χ0) is 7.15. The summed E-state index contributed by atoms with van der Waals surface area (Å²) < 4.78 is 0. The van der Waals surface area contributed by atoms with Crippen LogP contribution in [0.4, 0.5) is 0 Å². The molecule has 0 aliphatic heterocycles. The Morgan fingerprint density at radius 2 is 1.44 bits per heavy atom. The lowest BCUT2D eigenvalue weighted by atomic mass is 10.5. The Hall–Kier alpha value is -0.370. The molecular weight excluding hydrogens is 116 g/mol. The molecule has 0 saturated heterocycles. The monoisotopic (exact) mass is 135 g/mol. The first-order chi connectivity index (χ1) is 3.46. The van der Waals surface area contributed by atoms with E-state index in [4.69, 9.17) is 5.11 Å². The van der Waals surface area contributed by atoms with Crippen LogP contribution in [0.5, 0.6) is 0 Å². The second-order valence-corrected chi connectivity index (χ2v) is 2.00. The normalized spacial score (nSPS) is 6.89. The van der Waals surface area contributed by atoms with E-state index in [9.17, 15) is 4.79 Å². The van der Waals surface area contributed by atoms with E-state index in [1.807, 2.05) is 0 Å². The van der Waals surface area contributed by atoms with Crippen LogP contribution in [-0.2, 0) is 4.79 Å². The molecular formula is C7H19O2+. The molecule has 0 aliphatic carbocycles. The Morgan fingerprint density at radius 3 is 1.44 bits per heavy atom. The third-order valence-corrected chi connectivity index (χ3v) is 0. The molecule has 0 unspecified atom stereocenters. The predicted molar refractivity (Wildman–Crippen MR) is 41.6 cm³/mol. The quantitative estimate of drug-likeness (QED) is 0.549. The van der Waals surface area contributed by atoms with Crippen molar-refractivity contribution >= 4 is 5.78 Å². The van der Waals surface area contributed by atoms with Gasteiger partial charge < -0.3 is 9.90 Å². The van der Waals surface area contributed by atoms with Gasteiger partial charge in [-0.3, -0.25) is 0 Å². The minimum atomic E-state index is -0.167. The Kier molecular flexibility index (Phi) is 18.6. The molecule has 9 heavy (non-hydrogen) atoms. The molecule has 0 rings (SSSR count). The maximum Gasteiger partial charge on any atom is 1.00 e. The fourth-order valence-electron chi connectivity index (χ4n) is 0. The Balaban J connectivity index is -0.0000000300. The average Bonchev–Trinajstić information content (AvgIpc) is 1.25. The number of ketones is 1. The molecule has 0 spiro atoms. The van der Waals surface area contributed by atoms with Gasteiger partial charge in [0.2, 0.25) is 0 Å². The smallest absolute Gasteiger partial charge is 0.394 e. The number of rotatable bonds is 0. The molecule has 1 N–H and O–H groups in total. The summed E-state index contributed by atoms with van der Waals surface area (Å²) in [6.45, 7) is 6.50. The van der Waals surface area contributed by atoms with Gasteiger partial charge in [0.05, 0.1) is 0 Å². The van der Waals surface area contributed by atoms with E-state index < -0.39 is 0 Å². The van der Waals surface area contributed by atoms with Gasteiger partial charge in [0, 0.05) is 6.10 Å². The highest BCUT2D eigenvalue weighted by Gasteiger charge is 1.69. The van der Waals surface area contributed by atoms with Crippen LogP contribution in [-0.4, -0.2) is 17.0 Å². The molecule has 0 radical (unpaired) electrons. The van der Waals surface area contributed by atoms with Crippen LogP contribution in [0.15, 0.2) is 0 Å². The molecule has 0 bridgehead atoms. The summed E-state index contributed by atoms with van der Waals surface area (Å²) in [7, 11) is 0. The Bertz CT molecular complexity index is 55.9. The zero-order valence-electron chi connectivity index (χ0n) is 6.93. The summed E-state index contributed by atoms with van der Waals surface area (Å²) in [5.41, 5.74) is 0. The highest BCUT2D eigenvalue weighted by molar-refractivity contribution is 5.72. The third-order valence-electron chi connectivity index (χ3n) is 0. The molecule has 2 nitrogen and oxygen atoms in total. The molecule has 0 heterocycles. The van der Waals surface area contributed by atoms with Crippen molar-refractivity contribution < 1.29 is 11.3 Å². The van der Waals surface area contributed by atoms with E-state index in [-0.39, 0.29) is 20.7 Å². The van der Waals surface area contributed by atoms with E-state index in [2.05, 4.69) is 0 Å². The van der Waals surface area contributed by atoms with Gasteiger partial charge in [-0.05, 0) is 27.7 Å². The number of hydrogen-bond acceptors (Lipinski definition) is 2. The first-order valence-electron chi connectivity index (χ1n) is 2.62. The van der Waals surface area contributed by atoms with Gasteiger partial charge in [-0.1, -0.05) is 7.43 Å². The molecule has 0 atom stereocenters. The zero-order valence-corrected chi connectivity index (χ0v) is 5.93. The van der Waals surface area contributed by atoms with Crippen molar-refractivity contribution in [3.63, 3.8) is 0 Å². The van der Waals surface area contributed by atoms with E-state index in [0.717, 1.165) is 0 Å². The van der Waals surface area contributed by atoms with Gasteiger partial charge in [-0.25, -0.2) is 0 Å². The number of hydrogen-bond donors (Lipinski definition) is 1. The maximum atomic E-state index is 9.44. The molecule has 0 aliphatic rings. The van der Waals surface area contributed by atoms with Crippen molar-refractivity contribution in [2.45, 2.75) is 41.2 Å². The van der Waals surface area contributed by atoms with Gasteiger partial charge >= 0.3 is 1.43 Å². The fraction of sp³-hybridized carbons (Fsp3) is 0.857. The van der Waals surface area contributed by atoms with Gasteiger partial charge in [0.15, 0.2) is 0 Å². The van der Waals surface area contributed by atoms with Crippen LogP contribution in [0.2, 0.25) is 0 Å². The van der Waals surface area contributed by atoms with Gasteiger partial charge in [0.25, 0.3) is 0 Å². The largest absolute Gasteiger partial charge is 1.00 e. The number of aliphatic hydroxyl groups excluding tert-OH is 1. The van der Waals surface area contributed by atoms with Crippen molar-refractivity contribution in [3.8, 4) is 0 Å². The first-order valence-corrected chi connectivity index (χ1v) is 2.62. The molecule has 0 aromatic carbocycles. The highest BCUT2D eigenvalue weighted by Crippen LogP contribution is 1.65. The second-order valence-electron chi connectivity index (χ2n) is 2.00. The lowest BCUT2D eigenvalue weighted by Crippen LogP contribution is -1.85. The van der Waals surface area contributed by atoms with Crippen molar-refractivity contribution in [3.05, 3.63) is 0 Å². The maximum absolute atomic E-state index is 9.44. The minimum Gasteiger partial charge on any atom is -0.394 e. The van der Waals surface area contributed by atoms with Crippen molar-refractivity contribution in [1.82, 2.24) is 0 Å². The van der Waals surface area contributed by atoms with Crippen LogP contribution < -0.4 is 0 Å². The van der Waals surface area contributed by atoms with Crippen LogP contribution >= 0.6 is 0 Å². The summed E-state index contributed by atoms with van der Waals surface area (Å²) in [5.74, 6) is 0.167. The van der Waals surface area contributed by atoms with Crippen molar-refractivity contribution in [1.29, 1.82) is 0 Å². The first kappa shape index (κ1) is 15.9. The number of Topliss-reactive ketones (excluding diaryl/α,β-unsaturated/α-hetero) is 1. The van der Waals surface area contributed by atoms with E-state index in [0.29, 0.717) is 0 Å². The summed E-state index contributed by atoms with van der Waals surface area (Å²) in [5, 5.41) is 8.06. The molecule has 0 aromatic heterocycles. The average molecular weight is 135 g/mol. The summed E-state index contributed by atoms with van der Waals surface area (Å²) in [4.78, 5) is 9.44. The van der Waals surface area contributed by atoms with Gasteiger partial charge in [-0.2, -0.15) is 0 Å². The molecule has 0 fully saturated rings. The number of aliphatic hydroxyl groups is 1. The summed E-state index contributed by atoms with van der Waals surface area (Å²) in [6, 6.07) is 0. The summed E-state index contributed by atoms with van der Waals surface area (Å²) in [6.07, 6.45) is -0.167. The fourth-order valence-corrected chi connectivity index (χ4v) is 0. The predicted octanol–water partition coefficient (Wildman–Crippen LogP) is 1.73. The van der Waals surface area contributed by atoms with E-state index in [1.165, 1.54) is 13.8 Å². The summed E-state index contributed by atoms with van der Waals surface area (Å²) >= 11 is 0. The topological polar surface area (TPSA) is 37.3 Å². The van der Waals surface area contributed by atoms with E-state index in [1.54, 1.807) is 13.8 Å². The van der Waals surface area contributed by atoms with Crippen LogP contribution in [0, 0.1) is 0 Å².